The van der Waals surface area contributed by atoms with Crippen LogP contribution in [-0.4, -0.2) is 44.3 Å². The summed E-state index contributed by atoms with van der Waals surface area (Å²) in [6.45, 7) is 1.69. The molecule has 0 bridgehead atoms. The first-order valence-electron chi connectivity index (χ1n) is 8.93. The van der Waals surface area contributed by atoms with E-state index < -0.39 is 16.1 Å². The molecule has 11 heteroatoms. The van der Waals surface area contributed by atoms with E-state index in [-0.39, 0.29) is 36.2 Å². The Morgan fingerprint density at radius 3 is 2.40 bits per heavy atom. The molecular formula is C19H19ClN4O5S. The molecule has 1 aliphatic rings. The fourth-order valence-corrected chi connectivity index (χ4v) is 4.02. The molecule has 0 unspecified atom stereocenters. The number of imide groups is 1. The molecule has 0 atom stereocenters. The van der Waals surface area contributed by atoms with E-state index in [0.29, 0.717) is 16.4 Å². The van der Waals surface area contributed by atoms with Gasteiger partial charge in [-0.2, -0.15) is 0 Å². The summed E-state index contributed by atoms with van der Waals surface area (Å²) in [6, 6.07) is 10.0. The maximum atomic E-state index is 12.5. The molecule has 0 aliphatic carbocycles. The quantitative estimate of drug-likeness (QED) is 0.558. The number of hydrogen-bond donors (Lipinski definition) is 3. The molecule has 3 rings (SSSR count). The summed E-state index contributed by atoms with van der Waals surface area (Å²) in [7, 11) is -3.81. The monoisotopic (exact) mass is 450 g/mol. The second-order valence-corrected chi connectivity index (χ2v) is 8.69. The average molecular weight is 451 g/mol. The molecule has 4 amide bonds. The lowest BCUT2D eigenvalue weighted by Crippen LogP contribution is -2.33. The van der Waals surface area contributed by atoms with Gasteiger partial charge in [-0.1, -0.05) is 17.7 Å². The minimum absolute atomic E-state index is 0.0203. The van der Waals surface area contributed by atoms with Crippen LogP contribution < -0.4 is 15.4 Å². The minimum Gasteiger partial charge on any atom is -0.329 e. The van der Waals surface area contributed by atoms with Gasteiger partial charge in [0.1, 0.15) is 0 Å². The lowest BCUT2D eigenvalue weighted by molar-refractivity contribution is -0.125. The van der Waals surface area contributed by atoms with Crippen LogP contribution in [0.5, 0.6) is 0 Å². The Morgan fingerprint density at radius 2 is 1.80 bits per heavy atom. The fraction of sp³-hybridized carbons (Fsp3) is 0.211. The van der Waals surface area contributed by atoms with E-state index in [1.54, 1.807) is 13.0 Å². The smallest absolute Gasteiger partial charge is 0.324 e. The van der Waals surface area contributed by atoms with Crippen molar-refractivity contribution >= 4 is 50.8 Å². The summed E-state index contributed by atoms with van der Waals surface area (Å²) in [5.41, 5.74) is 1.52. The van der Waals surface area contributed by atoms with Gasteiger partial charge < -0.3 is 10.6 Å². The number of carbonyl (C=O) groups excluding carboxylic acids is 3. The molecule has 30 heavy (non-hydrogen) atoms. The first-order chi connectivity index (χ1) is 14.2. The van der Waals surface area contributed by atoms with Gasteiger partial charge in [0.25, 0.3) is 10.0 Å². The van der Waals surface area contributed by atoms with Crippen LogP contribution in [-0.2, 0) is 19.6 Å². The number of carbonyl (C=O) groups is 3. The Kier molecular flexibility index (Phi) is 6.28. The summed E-state index contributed by atoms with van der Waals surface area (Å²) in [5.74, 6) is -0.760. The Balaban J connectivity index is 1.58. The van der Waals surface area contributed by atoms with Crippen molar-refractivity contribution in [3.63, 3.8) is 0 Å². The van der Waals surface area contributed by atoms with Gasteiger partial charge >= 0.3 is 6.03 Å². The molecule has 2 aromatic carbocycles. The van der Waals surface area contributed by atoms with Crippen molar-refractivity contribution in [3.05, 3.63) is 53.1 Å². The van der Waals surface area contributed by atoms with Gasteiger partial charge in [0.15, 0.2) is 0 Å². The van der Waals surface area contributed by atoms with Gasteiger partial charge in [-0.3, -0.25) is 19.2 Å². The molecule has 1 heterocycles. The maximum Gasteiger partial charge on any atom is 0.324 e. The zero-order valence-corrected chi connectivity index (χ0v) is 17.5. The second-order valence-electron chi connectivity index (χ2n) is 6.60. The number of nitrogens with zero attached hydrogens (tertiary/aromatic N) is 1. The van der Waals surface area contributed by atoms with E-state index in [0.717, 1.165) is 10.5 Å². The molecule has 2 aromatic rings. The molecule has 9 nitrogen and oxygen atoms in total. The Hall–Kier alpha value is -3.11. The van der Waals surface area contributed by atoms with Crippen molar-refractivity contribution in [2.24, 2.45) is 0 Å². The summed E-state index contributed by atoms with van der Waals surface area (Å²) >= 11 is 6.00. The van der Waals surface area contributed by atoms with E-state index >= 15 is 0 Å². The third kappa shape index (κ3) is 5.08. The summed E-state index contributed by atoms with van der Waals surface area (Å²) in [4.78, 5) is 36.0. The van der Waals surface area contributed by atoms with Crippen LogP contribution in [0.25, 0.3) is 0 Å². The van der Waals surface area contributed by atoms with Crippen molar-refractivity contribution < 1.29 is 22.8 Å². The highest BCUT2D eigenvalue weighted by atomic mass is 35.5. The Morgan fingerprint density at radius 1 is 1.13 bits per heavy atom. The third-order valence-corrected chi connectivity index (χ3v) is 6.16. The zero-order chi connectivity index (χ0) is 21.9. The number of benzene rings is 2. The molecule has 0 spiro atoms. The predicted molar refractivity (Wildman–Crippen MR) is 112 cm³/mol. The predicted octanol–water partition coefficient (Wildman–Crippen LogP) is 2.33. The number of anilines is 2. The molecule has 0 saturated carbocycles. The number of aryl methyl sites for hydroxylation is 1. The number of rotatable bonds is 7. The molecule has 0 radical (unpaired) electrons. The van der Waals surface area contributed by atoms with E-state index in [9.17, 15) is 22.8 Å². The Labute approximate surface area is 178 Å². The van der Waals surface area contributed by atoms with Crippen molar-refractivity contribution in [2.75, 3.05) is 23.1 Å². The highest BCUT2D eigenvalue weighted by molar-refractivity contribution is 7.92. The first kappa shape index (κ1) is 21.6. The van der Waals surface area contributed by atoms with Gasteiger partial charge in [0.05, 0.1) is 11.4 Å². The molecule has 1 fully saturated rings. The van der Waals surface area contributed by atoms with E-state index in [1.165, 1.54) is 36.4 Å². The Bertz CT molecular complexity index is 1090. The summed E-state index contributed by atoms with van der Waals surface area (Å²) in [5, 5.41) is 5.36. The van der Waals surface area contributed by atoms with Gasteiger partial charge in [-0.05, 0) is 48.9 Å². The lowest BCUT2D eigenvalue weighted by atomic mass is 10.2. The molecule has 0 aromatic heterocycles. The van der Waals surface area contributed by atoms with E-state index in [4.69, 9.17) is 11.6 Å². The normalized spacial score (nSPS) is 13.9. The molecule has 3 N–H and O–H groups in total. The molecule has 1 aliphatic heterocycles. The van der Waals surface area contributed by atoms with Crippen LogP contribution in [0.15, 0.2) is 47.4 Å². The van der Waals surface area contributed by atoms with Gasteiger partial charge in [-0.25, -0.2) is 13.2 Å². The average Bonchev–Trinajstić information content (AvgIpc) is 3.01. The van der Waals surface area contributed by atoms with Crippen LogP contribution in [0.4, 0.5) is 16.2 Å². The van der Waals surface area contributed by atoms with Crippen molar-refractivity contribution in [1.82, 2.24) is 10.2 Å². The van der Waals surface area contributed by atoms with Crippen molar-refractivity contribution in [2.45, 2.75) is 18.2 Å². The first-order valence-corrected chi connectivity index (χ1v) is 10.8. The number of urea groups is 1. The fourth-order valence-electron chi connectivity index (χ4n) is 2.69. The highest BCUT2D eigenvalue weighted by Gasteiger charge is 2.28. The number of halogens is 1. The molecule has 1 saturated heterocycles. The lowest BCUT2D eigenvalue weighted by Gasteiger charge is -2.12. The highest BCUT2D eigenvalue weighted by Crippen LogP contribution is 2.23. The zero-order valence-electron chi connectivity index (χ0n) is 15.9. The maximum absolute atomic E-state index is 12.5. The number of nitrogens with one attached hydrogen (secondary N) is 3. The number of hydrogen-bond acceptors (Lipinski definition) is 5. The molecular weight excluding hydrogens is 432 g/mol. The van der Waals surface area contributed by atoms with E-state index in [1.807, 2.05) is 0 Å². The largest absolute Gasteiger partial charge is 0.329 e. The van der Waals surface area contributed by atoms with Crippen LogP contribution in [0.1, 0.15) is 12.0 Å². The van der Waals surface area contributed by atoms with Gasteiger partial charge in [0, 0.05) is 29.4 Å². The number of amides is 4. The van der Waals surface area contributed by atoms with Crippen molar-refractivity contribution in [3.8, 4) is 0 Å². The van der Waals surface area contributed by atoms with Crippen LogP contribution in [0, 0.1) is 6.92 Å². The third-order valence-electron chi connectivity index (χ3n) is 4.37. The molecule has 158 valence electrons. The van der Waals surface area contributed by atoms with E-state index in [2.05, 4.69) is 15.4 Å². The van der Waals surface area contributed by atoms with Crippen LogP contribution in [0.3, 0.4) is 0 Å². The second kappa shape index (κ2) is 8.72. The van der Waals surface area contributed by atoms with Crippen molar-refractivity contribution in [1.29, 1.82) is 0 Å². The summed E-state index contributed by atoms with van der Waals surface area (Å²) in [6.07, 6.45) is -0.0538. The van der Waals surface area contributed by atoms with Gasteiger partial charge in [-0.15, -0.1) is 0 Å². The van der Waals surface area contributed by atoms with Crippen LogP contribution >= 0.6 is 11.6 Å². The topological polar surface area (TPSA) is 125 Å². The SMILES string of the molecule is Cc1ccc(S(=O)(=O)Nc2ccc(NC(=O)CCN3C(=O)CNC3=O)cc2)cc1Cl. The van der Waals surface area contributed by atoms with Gasteiger partial charge in [0.2, 0.25) is 11.8 Å². The van der Waals surface area contributed by atoms with Crippen LogP contribution in [0.2, 0.25) is 5.02 Å². The minimum atomic E-state index is -3.81. The summed E-state index contributed by atoms with van der Waals surface area (Å²) < 4.78 is 27.4. The standard InChI is InChI=1S/C19H19ClN4O5S/c1-12-2-7-15(10-16(12)20)30(28,29)23-14-5-3-13(4-6-14)22-17(25)8-9-24-18(26)11-21-19(24)27/h2-7,10,23H,8-9,11H2,1H3,(H,21,27)(H,22,25). The number of sulfonamides is 1.